The number of unbranched alkanes of at least 4 members (excludes halogenated alkanes) is 14. The first-order valence-corrected chi connectivity index (χ1v) is 19.7. The predicted molar refractivity (Wildman–Crippen MR) is 187 cm³/mol. The molecule has 0 rings (SSSR count). The van der Waals surface area contributed by atoms with E-state index in [-0.39, 0.29) is 13.2 Å². The van der Waals surface area contributed by atoms with Crippen molar-refractivity contribution >= 4 is 8.17 Å². The molecule has 0 saturated heterocycles. The van der Waals surface area contributed by atoms with Crippen molar-refractivity contribution in [2.75, 3.05) is 26.4 Å². The van der Waals surface area contributed by atoms with Gasteiger partial charge in [0.05, 0.1) is 26.4 Å². The van der Waals surface area contributed by atoms with Gasteiger partial charge in [0.1, 0.15) is 0 Å². The Morgan fingerprint density at radius 1 is 0.591 bits per heavy atom. The first kappa shape index (κ1) is 43.7. The molecule has 44 heavy (non-hydrogen) atoms. The lowest BCUT2D eigenvalue weighted by atomic mass is 10.0. The summed E-state index contributed by atoms with van der Waals surface area (Å²) >= 11 is 0. The monoisotopic (exact) mass is 645 g/mol. The Hall–Kier alpha value is -0.330. The smallest absolute Gasteiger partial charge is 0.379 e. The van der Waals surface area contributed by atoms with Crippen LogP contribution in [-0.4, -0.2) is 38.3 Å². The second-order valence-electron chi connectivity index (χ2n) is 13.2. The van der Waals surface area contributed by atoms with Crippen LogP contribution in [0.15, 0.2) is 25.3 Å². The number of phosphoric ester groups is 1. The lowest BCUT2D eigenvalue weighted by Gasteiger charge is -2.38. The van der Waals surface area contributed by atoms with E-state index >= 15 is 0 Å². The van der Waals surface area contributed by atoms with E-state index in [0.29, 0.717) is 19.6 Å². The van der Waals surface area contributed by atoms with Gasteiger partial charge in [-0.25, -0.2) is 0 Å². The van der Waals surface area contributed by atoms with E-state index < -0.39 is 20.1 Å². The largest absolute Gasteiger partial charge is 0.606 e. The van der Waals surface area contributed by atoms with Crippen molar-refractivity contribution in [2.45, 2.75) is 175 Å². The van der Waals surface area contributed by atoms with Gasteiger partial charge in [-0.15, -0.1) is 13.2 Å². The second kappa shape index (κ2) is 28.9. The highest BCUT2D eigenvalue weighted by atomic mass is 31.2. The van der Waals surface area contributed by atoms with Gasteiger partial charge in [0.2, 0.25) is 0 Å². The summed E-state index contributed by atoms with van der Waals surface area (Å²) in [4.78, 5) is 13.9. The lowest BCUT2D eigenvalue weighted by molar-refractivity contribution is -0.298. The molecule has 1 atom stereocenters. The average Bonchev–Trinajstić information content (AvgIpc) is 2.98. The third kappa shape index (κ3) is 23.9. The van der Waals surface area contributed by atoms with E-state index in [9.17, 15) is 4.89 Å². The quantitative estimate of drug-likeness (QED) is 0.0300. The Morgan fingerprint density at radius 3 is 1.25 bits per heavy atom. The molecule has 0 aliphatic rings. The molecule has 0 radical (unpaired) electrons. The highest BCUT2D eigenvalue weighted by Crippen LogP contribution is 2.56. The normalized spacial score (nSPS) is 13.2. The van der Waals surface area contributed by atoms with Gasteiger partial charge < -0.3 is 14.4 Å². The minimum absolute atomic E-state index is 0.278. The molecule has 7 heteroatoms. The van der Waals surface area contributed by atoms with Gasteiger partial charge in [0.25, 0.3) is 0 Å². The summed E-state index contributed by atoms with van der Waals surface area (Å²) in [5.41, 5.74) is 0. The Bertz CT molecular complexity index is 614. The molecular weight excluding hydrogens is 571 g/mol. The van der Waals surface area contributed by atoms with Crippen LogP contribution in [0, 0.1) is 11.8 Å². The Kier molecular flexibility index (Phi) is 28.6. The molecule has 0 amide bonds. The number of phosphoric acid groups is 1. The molecule has 0 saturated carbocycles. The Morgan fingerprint density at radius 2 is 0.932 bits per heavy atom. The lowest BCUT2D eigenvalue weighted by Crippen LogP contribution is -2.48. The molecule has 0 aliphatic heterocycles. The van der Waals surface area contributed by atoms with Gasteiger partial charge in [-0.05, 0) is 31.6 Å². The maximum atomic E-state index is 13.9. The van der Waals surface area contributed by atoms with E-state index in [1.165, 1.54) is 77.0 Å². The van der Waals surface area contributed by atoms with Crippen LogP contribution >= 0.6 is 8.17 Å². The van der Waals surface area contributed by atoms with E-state index in [2.05, 4.69) is 40.9 Å². The van der Waals surface area contributed by atoms with Gasteiger partial charge in [-0.3, -0.25) is 0 Å². The van der Waals surface area contributed by atoms with Gasteiger partial charge >= 0.3 is 8.17 Å². The third-order valence-electron chi connectivity index (χ3n) is 8.14. The second-order valence-corrected chi connectivity index (χ2v) is 14.9. The third-order valence-corrected chi connectivity index (χ3v) is 9.71. The topological polar surface area (TPSA) is 69.2 Å². The number of rotatable bonds is 34. The van der Waals surface area contributed by atoms with Crippen LogP contribution < -0.4 is 4.89 Å². The molecule has 262 valence electrons. The summed E-state index contributed by atoms with van der Waals surface area (Å²) in [6, 6.07) is 0. The molecule has 0 aromatic heterocycles. The Balaban J connectivity index is 4.77. The van der Waals surface area contributed by atoms with Crippen molar-refractivity contribution in [2.24, 2.45) is 11.8 Å². The Labute approximate surface area is 274 Å². The van der Waals surface area contributed by atoms with Crippen LogP contribution in [0.4, 0.5) is 0 Å². The first-order valence-electron chi connectivity index (χ1n) is 18.2. The van der Waals surface area contributed by atoms with Crippen LogP contribution in [-0.2, 0) is 23.0 Å². The van der Waals surface area contributed by atoms with Crippen LogP contribution in [0.2, 0.25) is 0 Å². The molecule has 0 N–H and O–H groups in total. The molecule has 0 aliphatic carbocycles. The summed E-state index contributed by atoms with van der Waals surface area (Å²) < 4.78 is 29.9. The minimum Gasteiger partial charge on any atom is -0.606 e. The van der Waals surface area contributed by atoms with Gasteiger partial charge in [-0.1, -0.05) is 150 Å². The molecule has 0 heterocycles. The molecule has 0 aromatic rings. The van der Waals surface area contributed by atoms with Crippen molar-refractivity contribution < 1.29 is 27.9 Å². The zero-order valence-electron chi connectivity index (χ0n) is 30.0. The molecule has 0 bridgehead atoms. The minimum atomic E-state index is -3.83. The van der Waals surface area contributed by atoms with E-state index in [0.717, 1.165) is 50.4 Å². The summed E-state index contributed by atoms with van der Waals surface area (Å²) in [6.07, 6.45) is 24.9. The van der Waals surface area contributed by atoms with Crippen molar-refractivity contribution in [1.82, 2.24) is 0 Å². The van der Waals surface area contributed by atoms with Crippen LogP contribution in [0.3, 0.4) is 0 Å². The highest BCUT2D eigenvalue weighted by Gasteiger charge is 2.46. The fourth-order valence-corrected chi connectivity index (χ4v) is 6.77. The number of hydrogen-bond donors (Lipinski definition) is 0. The fourth-order valence-electron chi connectivity index (χ4n) is 5.32. The SMILES string of the molecule is C=CCOC(CC)(OCC=C)C(C)O[P+]([O-])(OCCCCCCCCCCC(C)C)OCCCCCCCCCCC(C)C. The van der Waals surface area contributed by atoms with Crippen molar-refractivity contribution in [1.29, 1.82) is 0 Å². The van der Waals surface area contributed by atoms with E-state index in [1.807, 2.05) is 6.92 Å². The van der Waals surface area contributed by atoms with Crippen molar-refractivity contribution in [3.05, 3.63) is 25.3 Å². The molecule has 0 spiro atoms. The zero-order chi connectivity index (χ0) is 32.9. The molecule has 6 nitrogen and oxygen atoms in total. The number of ether oxygens (including phenoxy) is 2. The molecule has 1 unspecified atom stereocenters. The molecule has 0 aromatic carbocycles. The summed E-state index contributed by atoms with van der Waals surface area (Å²) in [5, 5.41) is 0. The van der Waals surface area contributed by atoms with Crippen LogP contribution in [0.1, 0.15) is 164 Å². The van der Waals surface area contributed by atoms with Crippen molar-refractivity contribution in [3.63, 3.8) is 0 Å². The first-order chi connectivity index (χ1) is 21.1. The van der Waals surface area contributed by atoms with Gasteiger partial charge in [-0.2, -0.15) is 13.6 Å². The fraction of sp³-hybridized carbons (Fsp3) is 0.892. The predicted octanol–water partition coefficient (Wildman–Crippen LogP) is 11.3. The summed E-state index contributed by atoms with van der Waals surface area (Å²) in [6.45, 7) is 21.7. The molecular formula is C37H73O6P. The zero-order valence-corrected chi connectivity index (χ0v) is 30.9. The van der Waals surface area contributed by atoms with Gasteiger partial charge in [0.15, 0.2) is 11.9 Å². The maximum absolute atomic E-state index is 13.9. The summed E-state index contributed by atoms with van der Waals surface area (Å²) in [7, 11) is -3.83. The van der Waals surface area contributed by atoms with Crippen LogP contribution in [0.5, 0.6) is 0 Å². The van der Waals surface area contributed by atoms with Crippen LogP contribution in [0.25, 0.3) is 0 Å². The standard InChI is InChI=1S/C37H73O6P/c1-9-30-39-37(11-3,40-31-10-2)36(8)43-44(38,41-32-26-22-18-14-12-16-20-24-28-34(4)5)42-33-27-23-19-15-13-17-21-25-29-35(6)7/h9-10,34-36H,1-2,11-33H2,3-8H3. The number of hydrogen-bond acceptors (Lipinski definition) is 6. The maximum Gasteiger partial charge on any atom is 0.379 e. The van der Waals surface area contributed by atoms with Crippen molar-refractivity contribution in [3.8, 4) is 0 Å². The molecule has 0 fully saturated rings. The van der Waals surface area contributed by atoms with E-state index in [4.69, 9.17) is 23.0 Å². The highest BCUT2D eigenvalue weighted by molar-refractivity contribution is 7.54. The van der Waals surface area contributed by atoms with E-state index in [1.54, 1.807) is 19.1 Å². The van der Waals surface area contributed by atoms with Gasteiger partial charge in [0, 0.05) is 6.42 Å². The average molecular weight is 645 g/mol. The summed E-state index contributed by atoms with van der Waals surface area (Å²) in [5.74, 6) is 0.493.